The van der Waals surface area contributed by atoms with Gasteiger partial charge in [0.15, 0.2) is 9.84 Å². The molecule has 0 radical (unpaired) electrons. The van der Waals surface area contributed by atoms with Gasteiger partial charge in [-0.1, -0.05) is 48.0 Å². The molecule has 4 aromatic rings. The summed E-state index contributed by atoms with van der Waals surface area (Å²) in [5.41, 5.74) is 1.05. The molecule has 0 saturated carbocycles. The van der Waals surface area contributed by atoms with Crippen molar-refractivity contribution in [3.63, 3.8) is 0 Å². The fourth-order valence-corrected chi connectivity index (χ4v) is 5.38. The van der Waals surface area contributed by atoms with Crippen molar-refractivity contribution in [3.05, 3.63) is 89.3 Å². The number of hydrogen-bond donors (Lipinski definition) is 1. The molecule has 4 rings (SSSR count). The van der Waals surface area contributed by atoms with Gasteiger partial charge in [0.05, 0.1) is 23.4 Å². The SMILES string of the molecule is COc1ccc(Cl)cc1NC(=O)Cn1cc(S(=O)(=O)Cc2ccccc2F)c2ccccc21. The third kappa shape index (κ3) is 4.86. The largest absolute Gasteiger partial charge is 0.495 e. The Morgan fingerprint density at radius 3 is 2.58 bits per heavy atom. The number of amides is 1. The number of rotatable bonds is 7. The van der Waals surface area contributed by atoms with E-state index in [1.165, 1.54) is 31.5 Å². The average molecular weight is 487 g/mol. The number of aromatic nitrogens is 1. The van der Waals surface area contributed by atoms with Gasteiger partial charge in [0.25, 0.3) is 0 Å². The Morgan fingerprint density at radius 1 is 1.09 bits per heavy atom. The molecule has 9 heteroatoms. The van der Waals surface area contributed by atoms with Crippen LogP contribution in [0.15, 0.2) is 77.8 Å². The molecular formula is C24H20ClFN2O4S. The molecule has 0 saturated heterocycles. The normalized spacial score (nSPS) is 11.5. The van der Waals surface area contributed by atoms with Crippen molar-refractivity contribution in [2.24, 2.45) is 0 Å². The summed E-state index contributed by atoms with van der Waals surface area (Å²) in [6.07, 6.45) is 1.41. The predicted molar refractivity (Wildman–Crippen MR) is 126 cm³/mol. The molecule has 1 amide bonds. The fraction of sp³-hybridized carbons (Fsp3) is 0.125. The van der Waals surface area contributed by atoms with Gasteiger partial charge in [0.1, 0.15) is 18.1 Å². The Kier molecular flexibility index (Phi) is 6.40. The lowest BCUT2D eigenvalue weighted by Crippen LogP contribution is -2.18. The Labute approximate surface area is 195 Å². The first-order valence-electron chi connectivity index (χ1n) is 9.96. The van der Waals surface area contributed by atoms with Crippen LogP contribution in [0.5, 0.6) is 5.75 Å². The van der Waals surface area contributed by atoms with Crippen LogP contribution in [-0.4, -0.2) is 26.0 Å². The van der Waals surface area contributed by atoms with Crippen molar-refractivity contribution < 1.29 is 22.3 Å². The van der Waals surface area contributed by atoms with Crippen LogP contribution >= 0.6 is 11.6 Å². The molecule has 1 heterocycles. The number of para-hydroxylation sites is 1. The van der Waals surface area contributed by atoms with Crippen molar-refractivity contribution in [3.8, 4) is 5.75 Å². The molecule has 0 spiro atoms. The van der Waals surface area contributed by atoms with Crippen LogP contribution in [0, 0.1) is 5.82 Å². The third-order valence-corrected chi connectivity index (χ3v) is 7.06. The van der Waals surface area contributed by atoms with Crippen LogP contribution in [0.3, 0.4) is 0 Å². The lowest BCUT2D eigenvalue weighted by atomic mass is 10.2. The highest BCUT2D eigenvalue weighted by molar-refractivity contribution is 7.90. The van der Waals surface area contributed by atoms with E-state index in [9.17, 15) is 17.6 Å². The zero-order chi connectivity index (χ0) is 23.6. The number of halogens is 2. The number of carbonyl (C=O) groups excluding carboxylic acids is 1. The van der Waals surface area contributed by atoms with E-state index in [1.807, 2.05) is 0 Å². The van der Waals surface area contributed by atoms with Crippen molar-refractivity contribution in [1.29, 1.82) is 0 Å². The van der Waals surface area contributed by atoms with Gasteiger partial charge in [0.2, 0.25) is 5.91 Å². The second-order valence-electron chi connectivity index (χ2n) is 7.38. The molecule has 3 aromatic carbocycles. The first kappa shape index (κ1) is 22.8. The van der Waals surface area contributed by atoms with Gasteiger partial charge >= 0.3 is 0 Å². The van der Waals surface area contributed by atoms with Crippen molar-refractivity contribution in [1.82, 2.24) is 4.57 Å². The maximum atomic E-state index is 14.1. The van der Waals surface area contributed by atoms with Crippen LogP contribution in [-0.2, 0) is 26.9 Å². The molecule has 1 aromatic heterocycles. The van der Waals surface area contributed by atoms with E-state index in [-0.39, 0.29) is 17.0 Å². The van der Waals surface area contributed by atoms with Crippen LogP contribution in [0.1, 0.15) is 5.56 Å². The highest BCUT2D eigenvalue weighted by Crippen LogP contribution is 2.30. The van der Waals surface area contributed by atoms with Crippen molar-refractivity contribution >= 4 is 43.9 Å². The van der Waals surface area contributed by atoms with Crippen LogP contribution < -0.4 is 10.1 Å². The summed E-state index contributed by atoms with van der Waals surface area (Å²) in [7, 11) is -2.41. The quantitative estimate of drug-likeness (QED) is 0.396. The number of ether oxygens (including phenoxy) is 1. The first-order chi connectivity index (χ1) is 15.8. The van der Waals surface area contributed by atoms with E-state index >= 15 is 0 Å². The summed E-state index contributed by atoms with van der Waals surface area (Å²) in [6, 6.07) is 17.5. The minimum absolute atomic E-state index is 0.0366. The monoisotopic (exact) mass is 486 g/mol. The second-order valence-corrected chi connectivity index (χ2v) is 9.78. The van der Waals surface area contributed by atoms with E-state index < -0.39 is 27.3 Å². The number of methoxy groups -OCH3 is 1. The van der Waals surface area contributed by atoms with E-state index in [0.29, 0.717) is 27.4 Å². The van der Waals surface area contributed by atoms with Gasteiger partial charge in [0, 0.05) is 27.7 Å². The topological polar surface area (TPSA) is 77.4 Å². The van der Waals surface area contributed by atoms with Crippen LogP contribution in [0.4, 0.5) is 10.1 Å². The number of nitrogens with zero attached hydrogens (tertiary/aromatic N) is 1. The van der Waals surface area contributed by atoms with Gasteiger partial charge in [-0.05, 0) is 30.3 Å². The number of hydrogen-bond acceptors (Lipinski definition) is 4. The van der Waals surface area contributed by atoms with Gasteiger partial charge in [-0.25, -0.2) is 12.8 Å². The molecule has 6 nitrogen and oxygen atoms in total. The maximum Gasteiger partial charge on any atom is 0.244 e. The highest BCUT2D eigenvalue weighted by atomic mass is 35.5. The lowest BCUT2D eigenvalue weighted by molar-refractivity contribution is -0.116. The molecule has 1 N–H and O–H groups in total. The zero-order valence-corrected chi connectivity index (χ0v) is 19.2. The minimum atomic E-state index is -3.88. The summed E-state index contributed by atoms with van der Waals surface area (Å²) < 4.78 is 47.2. The summed E-state index contributed by atoms with van der Waals surface area (Å²) in [5.74, 6) is -1.02. The Bertz CT molecular complexity index is 1450. The number of sulfone groups is 1. The summed E-state index contributed by atoms with van der Waals surface area (Å²) in [4.78, 5) is 12.8. The van der Waals surface area contributed by atoms with Crippen molar-refractivity contribution in [2.45, 2.75) is 17.2 Å². The number of carbonyl (C=O) groups is 1. The average Bonchev–Trinajstić information content (AvgIpc) is 3.15. The zero-order valence-electron chi connectivity index (χ0n) is 17.6. The lowest BCUT2D eigenvalue weighted by Gasteiger charge is -2.11. The van der Waals surface area contributed by atoms with Crippen LogP contribution in [0.25, 0.3) is 10.9 Å². The number of anilines is 1. The van der Waals surface area contributed by atoms with E-state index in [1.54, 1.807) is 53.1 Å². The molecule has 0 aliphatic carbocycles. The van der Waals surface area contributed by atoms with Gasteiger partial charge < -0.3 is 14.6 Å². The van der Waals surface area contributed by atoms with E-state index in [0.717, 1.165) is 0 Å². The third-order valence-electron chi connectivity index (χ3n) is 5.14. The number of benzene rings is 3. The molecule has 0 unspecified atom stereocenters. The fourth-order valence-electron chi connectivity index (χ4n) is 3.61. The molecule has 33 heavy (non-hydrogen) atoms. The second kappa shape index (κ2) is 9.25. The standard InChI is InChI=1S/C24H20ClFN2O4S/c1-32-22-11-10-17(25)12-20(22)27-24(29)14-28-13-23(18-7-3-5-9-21(18)28)33(30,31)15-16-6-2-4-8-19(16)26/h2-13H,14-15H2,1H3,(H,27,29). The molecule has 0 fully saturated rings. The summed E-state index contributed by atoms with van der Waals surface area (Å²) >= 11 is 6.02. The smallest absolute Gasteiger partial charge is 0.244 e. The molecule has 170 valence electrons. The molecule has 0 bridgehead atoms. The maximum absolute atomic E-state index is 14.1. The van der Waals surface area contributed by atoms with Gasteiger partial charge in [-0.3, -0.25) is 4.79 Å². The van der Waals surface area contributed by atoms with E-state index in [2.05, 4.69) is 5.32 Å². The van der Waals surface area contributed by atoms with Crippen molar-refractivity contribution in [2.75, 3.05) is 12.4 Å². The molecule has 0 aliphatic rings. The predicted octanol–water partition coefficient (Wildman–Crippen LogP) is 5.06. The Balaban J connectivity index is 1.66. The first-order valence-corrected chi connectivity index (χ1v) is 12.0. The molecule has 0 aliphatic heterocycles. The highest BCUT2D eigenvalue weighted by Gasteiger charge is 2.23. The van der Waals surface area contributed by atoms with Gasteiger partial charge in [-0.2, -0.15) is 0 Å². The summed E-state index contributed by atoms with van der Waals surface area (Å²) in [6.45, 7) is -0.147. The molecular weight excluding hydrogens is 467 g/mol. The number of fused-ring (bicyclic) bond motifs is 1. The Hall–Kier alpha value is -3.36. The number of nitrogens with one attached hydrogen (secondary N) is 1. The molecule has 0 atom stereocenters. The van der Waals surface area contributed by atoms with Gasteiger partial charge in [-0.15, -0.1) is 0 Å². The van der Waals surface area contributed by atoms with E-state index in [4.69, 9.17) is 16.3 Å². The Morgan fingerprint density at radius 2 is 1.82 bits per heavy atom. The minimum Gasteiger partial charge on any atom is -0.495 e. The van der Waals surface area contributed by atoms with Crippen LogP contribution in [0.2, 0.25) is 5.02 Å². The summed E-state index contributed by atoms with van der Waals surface area (Å²) in [5, 5.41) is 3.63.